The Morgan fingerprint density at radius 1 is 1.06 bits per heavy atom. The van der Waals surface area contributed by atoms with E-state index in [0.29, 0.717) is 11.3 Å². The van der Waals surface area contributed by atoms with Crippen molar-refractivity contribution in [3.8, 4) is 0 Å². The molecule has 4 rings (SSSR count). The molecule has 31 heavy (non-hydrogen) atoms. The Kier molecular flexibility index (Phi) is 5.96. The summed E-state index contributed by atoms with van der Waals surface area (Å²) < 4.78 is 7.07. The van der Waals surface area contributed by atoms with Crippen molar-refractivity contribution in [2.45, 2.75) is 32.2 Å². The van der Waals surface area contributed by atoms with Gasteiger partial charge in [-0.3, -0.25) is 4.79 Å². The Hall–Kier alpha value is -3.69. The van der Waals surface area contributed by atoms with Gasteiger partial charge in [-0.1, -0.05) is 12.8 Å². The summed E-state index contributed by atoms with van der Waals surface area (Å²) >= 11 is 0. The Morgan fingerprint density at radius 2 is 1.77 bits per heavy atom. The van der Waals surface area contributed by atoms with Crippen LogP contribution in [0.3, 0.4) is 0 Å². The SMILES string of the molecule is COC(=O)c1ccc(NC(=O)Cn2nc3nc(N4CCCCCC4)ccn3c2=O)cc1. The number of ether oxygens (including phenoxy) is 1. The first-order valence-corrected chi connectivity index (χ1v) is 10.2. The number of aromatic nitrogens is 4. The predicted octanol–water partition coefficient (Wildman–Crippen LogP) is 1.70. The number of nitrogens with one attached hydrogen (secondary N) is 1. The van der Waals surface area contributed by atoms with E-state index in [1.807, 2.05) is 6.07 Å². The predicted molar refractivity (Wildman–Crippen MR) is 114 cm³/mol. The number of esters is 1. The van der Waals surface area contributed by atoms with Crippen LogP contribution < -0.4 is 15.9 Å². The van der Waals surface area contributed by atoms with Crippen LogP contribution in [-0.2, 0) is 16.1 Å². The third kappa shape index (κ3) is 4.57. The molecule has 1 aliphatic rings. The molecule has 1 N–H and O–H groups in total. The molecule has 3 aromatic rings. The van der Waals surface area contributed by atoms with Crippen LogP contribution in [0.25, 0.3) is 5.78 Å². The molecule has 1 aliphatic heterocycles. The van der Waals surface area contributed by atoms with Gasteiger partial charge >= 0.3 is 11.7 Å². The zero-order valence-corrected chi connectivity index (χ0v) is 17.3. The zero-order valence-electron chi connectivity index (χ0n) is 17.3. The Balaban J connectivity index is 1.47. The summed E-state index contributed by atoms with van der Waals surface area (Å²) in [6, 6.07) is 8.09. The third-order valence-electron chi connectivity index (χ3n) is 5.25. The normalized spacial score (nSPS) is 14.3. The summed E-state index contributed by atoms with van der Waals surface area (Å²) in [5.41, 5.74) is 0.445. The van der Waals surface area contributed by atoms with E-state index in [1.54, 1.807) is 30.5 Å². The number of carbonyl (C=O) groups is 2. The maximum absolute atomic E-state index is 12.6. The lowest BCUT2D eigenvalue weighted by molar-refractivity contribution is -0.117. The highest BCUT2D eigenvalue weighted by Gasteiger charge is 2.16. The van der Waals surface area contributed by atoms with E-state index in [4.69, 9.17) is 0 Å². The van der Waals surface area contributed by atoms with Crippen molar-refractivity contribution in [2.24, 2.45) is 0 Å². The average molecular weight is 424 g/mol. The standard InChI is InChI=1S/C21H24N6O4/c1-31-19(29)15-6-8-16(9-7-15)22-18(28)14-27-21(30)26-13-10-17(23-20(26)24-27)25-11-4-2-3-5-12-25/h6-10,13H,2-5,11-12,14H2,1H3,(H,22,28). The topological polar surface area (TPSA) is 111 Å². The number of fused-ring (bicyclic) bond motifs is 1. The quantitative estimate of drug-likeness (QED) is 0.621. The molecule has 0 spiro atoms. The molecule has 10 heteroatoms. The van der Waals surface area contributed by atoms with E-state index >= 15 is 0 Å². The van der Waals surface area contributed by atoms with Crippen LogP contribution in [-0.4, -0.2) is 51.2 Å². The second-order valence-corrected chi connectivity index (χ2v) is 7.41. The number of benzene rings is 1. The summed E-state index contributed by atoms with van der Waals surface area (Å²) in [6.07, 6.45) is 6.32. The van der Waals surface area contributed by atoms with E-state index in [9.17, 15) is 14.4 Å². The molecule has 1 aromatic carbocycles. The number of carbonyl (C=O) groups excluding carboxylic acids is 2. The maximum atomic E-state index is 12.6. The molecule has 10 nitrogen and oxygen atoms in total. The van der Waals surface area contributed by atoms with Gasteiger partial charge in [0.1, 0.15) is 12.4 Å². The zero-order chi connectivity index (χ0) is 21.8. The number of anilines is 2. The highest BCUT2D eigenvalue weighted by atomic mass is 16.5. The summed E-state index contributed by atoms with van der Waals surface area (Å²) in [5, 5.41) is 6.92. The first kappa shape index (κ1) is 20.6. The lowest BCUT2D eigenvalue weighted by atomic mass is 10.2. The number of nitrogens with zero attached hydrogens (tertiary/aromatic N) is 5. The van der Waals surface area contributed by atoms with Crippen molar-refractivity contribution in [1.82, 2.24) is 19.2 Å². The molecule has 0 unspecified atom stereocenters. The molecule has 162 valence electrons. The van der Waals surface area contributed by atoms with E-state index in [-0.39, 0.29) is 12.3 Å². The summed E-state index contributed by atoms with van der Waals surface area (Å²) in [4.78, 5) is 43.2. The molecule has 3 heterocycles. The largest absolute Gasteiger partial charge is 0.465 e. The van der Waals surface area contributed by atoms with Crippen LogP contribution in [0.1, 0.15) is 36.0 Å². The first-order chi connectivity index (χ1) is 15.0. The van der Waals surface area contributed by atoms with E-state index in [2.05, 4.69) is 25.0 Å². The van der Waals surface area contributed by atoms with Gasteiger partial charge in [-0.15, -0.1) is 5.10 Å². The van der Waals surface area contributed by atoms with Crippen LogP contribution in [0, 0.1) is 0 Å². The smallest absolute Gasteiger partial charge is 0.352 e. The van der Waals surface area contributed by atoms with Crippen molar-refractivity contribution in [3.63, 3.8) is 0 Å². The van der Waals surface area contributed by atoms with E-state index in [0.717, 1.165) is 36.4 Å². The van der Waals surface area contributed by atoms with Gasteiger partial charge in [0.15, 0.2) is 0 Å². The number of amides is 1. The minimum atomic E-state index is -0.457. The molecule has 1 saturated heterocycles. The molecule has 0 bridgehead atoms. The molecule has 0 atom stereocenters. The van der Waals surface area contributed by atoms with Gasteiger partial charge in [0.2, 0.25) is 5.91 Å². The lowest BCUT2D eigenvalue weighted by Crippen LogP contribution is -2.28. The van der Waals surface area contributed by atoms with E-state index in [1.165, 1.54) is 24.4 Å². The third-order valence-corrected chi connectivity index (χ3v) is 5.25. The summed E-state index contributed by atoms with van der Waals surface area (Å²) in [7, 11) is 1.30. The van der Waals surface area contributed by atoms with Gasteiger partial charge in [0.25, 0.3) is 5.78 Å². The minimum Gasteiger partial charge on any atom is -0.465 e. The van der Waals surface area contributed by atoms with Gasteiger partial charge in [-0.05, 0) is 43.2 Å². The molecule has 1 fully saturated rings. The Labute approximate surface area is 178 Å². The van der Waals surface area contributed by atoms with Crippen LogP contribution in [0.2, 0.25) is 0 Å². The maximum Gasteiger partial charge on any atom is 0.352 e. The minimum absolute atomic E-state index is 0.250. The van der Waals surface area contributed by atoms with Crippen molar-refractivity contribution in [1.29, 1.82) is 0 Å². The Bertz CT molecular complexity index is 1140. The van der Waals surface area contributed by atoms with Crippen LogP contribution in [0.15, 0.2) is 41.3 Å². The Morgan fingerprint density at radius 3 is 2.45 bits per heavy atom. The van der Waals surface area contributed by atoms with Crippen molar-refractivity contribution in [3.05, 3.63) is 52.6 Å². The fourth-order valence-corrected chi connectivity index (χ4v) is 3.62. The summed E-state index contributed by atoms with van der Waals surface area (Å²) in [5.74, 6) is 0.189. The molecule has 0 aliphatic carbocycles. The van der Waals surface area contributed by atoms with Crippen LogP contribution in [0.4, 0.5) is 11.5 Å². The van der Waals surface area contributed by atoms with Gasteiger partial charge < -0.3 is 15.0 Å². The van der Waals surface area contributed by atoms with Crippen LogP contribution in [0.5, 0.6) is 0 Å². The fraction of sp³-hybridized carbons (Fsp3) is 0.381. The van der Waals surface area contributed by atoms with Gasteiger partial charge in [-0.25, -0.2) is 18.7 Å². The lowest BCUT2D eigenvalue weighted by Gasteiger charge is -2.20. The van der Waals surface area contributed by atoms with Gasteiger partial charge in [-0.2, -0.15) is 4.98 Å². The van der Waals surface area contributed by atoms with Crippen molar-refractivity contribution >= 4 is 29.2 Å². The molecule has 1 amide bonds. The highest BCUT2D eigenvalue weighted by molar-refractivity contribution is 5.92. The number of methoxy groups -OCH3 is 1. The van der Waals surface area contributed by atoms with Gasteiger partial charge in [0.05, 0.1) is 12.7 Å². The number of rotatable bonds is 5. The highest BCUT2D eigenvalue weighted by Crippen LogP contribution is 2.17. The number of hydrogen-bond acceptors (Lipinski definition) is 7. The average Bonchev–Trinajstić information content (AvgIpc) is 2.95. The van der Waals surface area contributed by atoms with Crippen LogP contribution >= 0.6 is 0 Å². The molecular weight excluding hydrogens is 400 g/mol. The summed E-state index contributed by atoms with van der Waals surface area (Å²) in [6.45, 7) is 1.62. The molecular formula is C21H24N6O4. The monoisotopic (exact) mass is 424 g/mol. The second-order valence-electron chi connectivity index (χ2n) is 7.41. The van der Waals surface area contributed by atoms with Crippen molar-refractivity contribution in [2.75, 3.05) is 30.4 Å². The van der Waals surface area contributed by atoms with Crippen molar-refractivity contribution < 1.29 is 14.3 Å². The van der Waals surface area contributed by atoms with E-state index < -0.39 is 17.6 Å². The first-order valence-electron chi connectivity index (χ1n) is 10.2. The van der Waals surface area contributed by atoms with Gasteiger partial charge in [0, 0.05) is 25.0 Å². The number of hydrogen-bond donors (Lipinski definition) is 1. The second kappa shape index (κ2) is 8.99. The molecule has 0 saturated carbocycles. The fourth-order valence-electron chi connectivity index (χ4n) is 3.62. The molecule has 0 radical (unpaired) electrons. The molecule has 2 aromatic heterocycles.